The maximum absolute atomic E-state index is 10.3. The Morgan fingerprint density at radius 2 is 2.14 bits per heavy atom. The van der Waals surface area contributed by atoms with Crippen molar-refractivity contribution in [2.24, 2.45) is 5.92 Å². The molecule has 112 valence electrons. The number of ether oxygens (including phenoxy) is 1. The van der Waals surface area contributed by atoms with Gasteiger partial charge in [-0.05, 0) is 31.6 Å². The van der Waals surface area contributed by atoms with Crippen LogP contribution >= 0.6 is 0 Å². The molecule has 0 bridgehead atoms. The third-order valence-corrected chi connectivity index (χ3v) is 5.43. The van der Waals surface area contributed by atoms with Crippen LogP contribution in [0.15, 0.2) is 24.3 Å². The molecule has 5 atom stereocenters. The van der Waals surface area contributed by atoms with E-state index in [1.807, 2.05) is 12.1 Å². The minimum Gasteiger partial charge on any atom is -0.504 e. The van der Waals surface area contributed by atoms with Crippen LogP contribution in [0.25, 0.3) is 0 Å². The smallest absolute Gasteiger partial charge is 0.165 e. The summed E-state index contributed by atoms with van der Waals surface area (Å²) in [5.74, 6) is 1.26. The first kappa shape index (κ1) is 13.2. The van der Waals surface area contributed by atoms with E-state index >= 15 is 0 Å². The number of hydrogen-bond donors (Lipinski definition) is 2. The van der Waals surface area contributed by atoms with E-state index in [1.54, 1.807) is 6.07 Å². The number of aromatic hydroxyl groups is 1. The van der Waals surface area contributed by atoms with Crippen LogP contribution in [0.2, 0.25) is 0 Å². The van der Waals surface area contributed by atoms with Crippen LogP contribution in [0.3, 0.4) is 0 Å². The molecule has 5 unspecified atom stereocenters. The van der Waals surface area contributed by atoms with E-state index in [1.165, 1.54) is 5.56 Å². The number of hydrogen-bond acceptors (Lipinski definition) is 4. The Labute approximate surface area is 124 Å². The van der Waals surface area contributed by atoms with Gasteiger partial charge in [0.05, 0.1) is 0 Å². The topological polar surface area (TPSA) is 52.9 Å². The zero-order chi connectivity index (χ0) is 14.7. The van der Waals surface area contributed by atoms with Gasteiger partial charge in [0.2, 0.25) is 0 Å². The van der Waals surface area contributed by atoms with E-state index < -0.39 is 6.10 Å². The summed E-state index contributed by atoms with van der Waals surface area (Å²) in [7, 11) is 2.15. The van der Waals surface area contributed by atoms with E-state index in [4.69, 9.17) is 4.74 Å². The Morgan fingerprint density at radius 3 is 2.90 bits per heavy atom. The summed E-state index contributed by atoms with van der Waals surface area (Å²) in [6.07, 6.45) is 4.10. The molecule has 0 aromatic heterocycles. The zero-order valence-electron chi connectivity index (χ0n) is 12.4. The highest BCUT2D eigenvalue weighted by Gasteiger charge is 2.51. The Kier molecular flexibility index (Phi) is 2.81. The van der Waals surface area contributed by atoms with Crippen molar-refractivity contribution in [3.05, 3.63) is 35.4 Å². The molecular formula is C17H21NO3. The van der Waals surface area contributed by atoms with Gasteiger partial charge < -0.3 is 19.8 Å². The first-order valence-electron chi connectivity index (χ1n) is 7.69. The van der Waals surface area contributed by atoms with Crippen LogP contribution in [0.5, 0.6) is 11.5 Å². The fourth-order valence-corrected chi connectivity index (χ4v) is 4.25. The molecule has 1 aromatic carbocycles. The number of aliphatic hydroxyl groups is 1. The van der Waals surface area contributed by atoms with Crippen LogP contribution < -0.4 is 4.74 Å². The maximum Gasteiger partial charge on any atom is 0.165 e. The quantitative estimate of drug-likeness (QED) is 0.812. The van der Waals surface area contributed by atoms with Crippen LogP contribution in [-0.4, -0.2) is 47.0 Å². The standard InChI is InChI=1S/C17H21NO3/c1-3-18(2)11-8-9-4-6-12(19)16-14(9)15-10(11)5-7-13(20)17(15)21-16/h4-7,10-11,13,15,17,19-20H,3,8H2,1-2H3. The molecule has 1 aromatic rings. The molecule has 4 rings (SSSR count). The number of nitrogens with zero attached hydrogens (tertiary/aromatic N) is 1. The van der Waals surface area contributed by atoms with Gasteiger partial charge in [0.25, 0.3) is 0 Å². The van der Waals surface area contributed by atoms with Crippen molar-refractivity contribution in [3.8, 4) is 11.5 Å². The minimum atomic E-state index is -0.600. The van der Waals surface area contributed by atoms with Gasteiger partial charge in [-0.15, -0.1) is 0 Å². The highest BCUT2D eigenvalue weighted by molar-refractivity contribution is 5.58. The first-order valence-corrected chi connectivity index (χ1v) is 7.69. The van der Waals surface area contributed by atoms with Crippen molar-refractivity contribution in [1.82, 2.24) is 4.90 Å². The molecule has 0 amide bonds. The van der Waals surface area contributed by atoms with E-state index in [-0.39, 0.29) is 17.8 Å². The molecular weight excluding hydrogens is 266 g/mol. The molecule has 0 fully saturated rings. The molecule has 0 radical (unpaired) electrons. The fourth-order valence-electron chi connectivity index (χ4n) is 4.25. The Hall–Kier alpha value is -1.52. The molecule has 2 N–H and O–H groups in total. The summed E-state index contributed by atoms with van der Waals surface area (Å²) >= 11 is 0. The molecule has 21 heavy (non-hydrogen) atoms. The summed E-state index contributed by atoms with van der Waals surface area (Å²) in [5, 5.41) is 20.3. The number of likely N-dealkylation sites (N-methyl/N-ethyl adjacent to an activating group) is 1. The predicted octanol–water partition coefficient (Wildman–Crippen LogP) is 1.66. The monoisotopic (exact) mass is 287 g/mol. The Morgan fingerprint density at radius 1 is 1.33 bits per heavy atom. The van der Waals surface area contributed by atoms with E-state index in [2.05, 4.69) is 24.9 Å². The van der Waals surface area contributed by atoms with Gasteiger partial charge in [-0.3, -0.25) is 0 Å². The fraction of sp³-hybridized carbons (Fsp3) is 0.529. The molecule has 0 saturated carbocycles. The predicted molar refractivity (Wildman–Crippen MR) is 79.7 cm³/mol. The second-order valence-corrected chi connectivity index (χ2v) is 6.39. The molecule has 3 aliphatic rings. The number of rotatable bonds is 2. The van der Waals surface area contributed by atoms with Crippen molar-refractivity contribution < 1.29 is 14.9 Å². The zero-order valence-corrected chi connectivity index (χ0v) is 12.4. The SMILES string of the molecule is CCN(C)C1Cc2ccc(O)c3c2C2C1C=CC(O)C2O3. The Bertz CT molecular complexity index is 612. The lowest BCUT2D eigenvalue weighted by atomic mass is 9.67. The highest BCUT2D eigenvalue weighted by atomic mass is 16.5. The van der Waals surface area contributed by atoms with Gasteiger partial charge in [0.15, 0.2) is 11.5 Å². The lowest BCUT2D eigenvalue weighted by Crippen LogP contribution is -2.49. The van der Waals surface area contributed by atoms with Gasteiger partial charge in [0, 0.05) is 23.4 Å². The van der Waals surface area contributed by atoms with Gasteiger partial charge in [-0.25, -0.2) is 0 Å². The molecule has 0 saturated heterocycles. The summed E-state index contributed by atoms with van der Waals surface area (Å²) in [6, 6.07) is 4.14. The number of aliphatic hydroxyl groups excluding tert-OH is 1. The van der Waals surface area contributed by atoms with E-state index in [0.717, 1.165) is 18.5 Å². The van der Waals surface area contributed by atoms with Gasteiger partial charge in [0.1, 0.15) is 12.2 Å². The third-order valence-electron chi connectivity index (χ3n) is 5.43. The molecule has 0 spiro atoms. The lowest BCUT2D eigenvalue weighted by molar-refractivity contribution is 0.0324. The largest absolute Gasteiger partial charge is 0.504 e. The molecule has 1 heterocycles. The summed E-state index contributed by atoms with van der Waals surface area (Å²) in [6.45, 7) is 3.16. The average Bonchev–Trinajstić information content (AvgIpc) is 2.91. The number of phenolic OH excluding ortho intramolecular Hbond substituents is 1. The van der Waals surface area contributed by atoms with Crippen LogP contribution in [0, 0.1) is 5.92 Å². The molecule has 1 aliphatic heterocycles. The summed E-state index contributed by atoms with van der Waals surface area (Å²) in [4.78, 5) is 2.37. The molecule has 4 heteroatoms. The Balaban J connectivity index is 1.88. The highest BCUT2D eigenvalue weighted by Crippen LogP contribution is 2.55. The summed E-state index contributed by atoms with van der Waals surface area (Å²) in [5.41, 5.74) is 2.37. The normalized spacial score (nSPS) is 35.7. The van der Waals surface area contributed by atoms with Crippen molar-refractivity contribution in [2.75, 3.05) is 13.6 Å². The number of phenols is 1. The molecule has 2 aliphatic carbocycles. The number of benzene rings is 1. The third kappa shape index (κ3) is 1.69. The second kappa shape index (κ2) is 4.49. The second-order valence-electron chi connectivity index (χ2n) is 6.39. The lowest BCUT2D eigenvalue weighted by Gasteiger charge is -2.43. The first-order chi connectivity index (χ1) is 10.1. The van der Waals surface area contributed by atoms with Crippen LogP contribution in [0.4, 0.5) is 0 Å². The van der Waals surface area contributed by atoms with E-state index in [0.29, 0.717) is 17.7 Å². The molecule has 4 nitrogen and oxygen atoms in total. The van der Waals surface area contributed by atoms with Crippen molar-refractivity contribution >= 4 is 0 Å². The van der Waals surface area contributed by atoms with Crippen molar-refractivity contribution in [1.29, 1.82) is 0 Å². The van der Waals surface area contributed by atoms with Crippen molar-refractivity contribution in [2.45, 2.75) is 37.5 Å². The van der Waals surface area contributed by atoms with Crippen molar-refractivity contribution in [3.63, 3.8) is 0 Å². The van der Waals surface area contributed by atoms with E-state index in [9.17, 15) is 10.2 Å². The average molecular weight is 287 g/mol. The van der Waals surface area contributed by atoms with Crippen LogP contribution in [0.1, 0.15) is 24.0 Å². The van der Waals surface area contributed by atoms with Gasteiger partial charge in [-0.1, -0.05) is 25.1 Å². The maximum atomic E-state index is 10.3. The van der Waals surface area contributed by atoms with Gasteiger partial charge in [-0.2, -0.15) is 0 Å². The minimum absolute atomic E-state index is 0.148. The van der Waals surface area contributed by atoms with Crippen LogP contribution in [-0.2, 0) is 6.42 Å². The summed E-state index contributed by atoms with van der Waals surface area (Å²) < 4.78 is 5.94. The van der Waals surface area contributed by atoms with Gasteiger partial charge >= 0.3 is 0 Å².